The van der Waals surface area contributed by atoms with Crippen LogP contribution in [0, 0.1) is 0 Å². The Labute approximate surface area is 457 Å². The molecule has 2 aliphatic rings. The Morgan fingerprint density at radius 3 is 1.21 bits per heavy atom. The molecule has 0 atom stereocenters. The predicted molar refractivity (Wildman–Crippen MR) is 334 cm³/mol. The van der Waals surface area contributed by atoms with E-state index in [-0.39, 0.29) is 17.5 Å². The first-order valence-corrected chi connectivity index (χ1v) is 27.6. The zero-order valence-corrected chi connectivity index (χ0v) is 45.0. The van der Waals surface area contributed by atoms with Crippen LogP contribution in [0.2, 0.25) is 0 Å². The van der Waals surface area contributed by atoms with Crippen LogP contribution in [0.5, 0.6) is 0 Å². The van der Waals surface area contributed by atoms with Crippen molar-refractivity contribution in [3.05, 3.63) is 254 Å². The monoisotopic (exact) mass is 999 g/mol. The van der Waals surface area contributed by atoms with Gasteiger partial charge in [0.15, 0.2) is 0 Å². The lowest BCUT2D eigenvalue weighted by Crippen LogP contribution is -2.61. The number of benzene rings is 11. The number of hydrogen-bond donors (Lipinski definition) is 0. The van der Waals surface area contributed by atoms with Gasteiger partial charge in [0.05, 0.1) is 16.6 Å². The lowest BCUT2D eigenvalue weighted by molar-refractivity contribution is 0.590. The molecule has 4 heteroatoms. The summed E-state index contributed by atoms with van der Waals surface area (Å²) in [4.78, 5) is 5.16. The number of nitrogens with zero attached hydrogens (tertiary/aromatic N) is 3. The van der Waals surface area contributed by atoms with Crippen molar-refractivity contribution < 1.29 is 0 Å². The second kappa shape index (κ2) is 17.2. The molecule has 0 spiro atoms. The quantitative estimate of drug-likeness (QED) is 0.154. The number of anilines is 6. The number of fused-ring (bicyclic) bond motifs is 10. The van der Waals surface area contributed by atoms with Gasteiger partial charge in [-0.1, -0.05) is 199 Å². The molecule has 2 aliphatic heterocycles. The van der Waals surface area contributed by atoms with E-state index < -0.39 is 0 Å². The number of para-hydroxylation sites is 1. The SMILES string of the molecule is CC(C)(C)c1ccc2c(c1)c1cc(C(C)(C)C)cc3c4cc5c(cc4n2c13)N(c1cc(-c2ccccc2)cc(-c2ccccc2)c1)c1cccc2c1B5c1ccccc1N2c1cc(-c2ccccc2)cc(-c2ccccc2)c1. The number of hydrogen-bond acceptors (Lipinski definition) is 2. The van der Waals surface area contributed by atoms with E-state index in [9.17, 15) is 0 Å². The molecule has 15 rings (SSSR count). The van der Waals surface area contributed by atoms with E-state index in [2.05, 4.69) is 298 Å². The summed E-state index contributed by atoms with van der Waals surface area (Å²) in [5.74, 6) is 0. The second-order valence-electron chi connectivity index (χ2n) is 23.8. The van der Waals surface area contributed by atoms with Gasteiger partial charge >= 0.3 is 0 Å². The average Bonchev–Trinajstić information content (AvgIpc) is 3.59. The zero-order valence-electron chi connectivity index (χ0n) is 45.0. The highest BCUT2D eigenvalue weighted by Gasteiger charge is 2.44. The second-order valence-corrected chi connectivity index (χ2v) is 23.8. The number of aromatic nitrogens is 1. The molecule has 0 saturated heterocycles. The van der Waals surface area contributed by atoms with Crippen LogP contribution >= 0.6 is 0 Å². The van der Waals surface area contributed by atoms with Gasteiger partial charge in [0.25, 0.3) is 6.71 Å². The lowest BCUT2D eigenvalue weighted by atomic mass is 9.33. The lowest BCUT2D eigenvalue weighted by Gasteiger charge is -2.44. The third-order valence-corrected chi connectivity index (χ3v) is 16.9. The van der Waals surface area contributed by atoms with Gasteiger partial charge < -0.3 is 14.2 Å². The first-order chi connectivity index (χ1) is 37.9. The third-order valence-electron chi connectivity index (χ3n) is 16.9. The van der Waals surface area contributed by atoms with E-state index in [0.717, 1.165) is 11.4 Å². The van der Waals surface area contributed by atoms with Gasteiger partial charge in [0.1, 0.15) is 0 Å². The Hall–Kier alpha value is -9.12. The highest BCUT2D eigenvalue weighted by atomic mass is 15.2. The minimum Gasteiger partial charge on any atom is -0.311 e. The molecule has 0 bridgehead atoms. The molecule has 0 unspecified atom stereocenters. The van der Waals surface area contributed by atoms with Gasteiger partial charge in [-0.05, 0) is 168 Å². The maximum atomic E-state index is 2.61. The van der Waals surface area contributed by atoms with Crippen LogP contribution in [0.4, 0.5) is 34.1 Å². The summed E-state index contributed by atoms with van der Waals surface area (Å²) in [6, 6.07) is 91.4. The summed E-state index contributed by atoms with van der Waals surface area (Å²) in [5, 5.41) is 5.23. The van der Waals surface area contributed by atoms with Gasteiger partial charge in [-0.25, -0.2) is 0 Å². The molecular formula is C74H58BN3. The molecule has 11 aromatic carbocycles. The third kappa shape index (κ3) is 7.19. The van der Waals surface area contributed by atoms with Crippen LogP contribution in [-0.2, 0) is 10.8 Å². The minimum absolute atomic E-state index is 0.00849. The Morgan fingerprint density at radius 1 is 0.295 bits per heavy atom. The standard InChI is InChI=1S/C74H58BN3/c1-73(2,3)55-34-35-65-59(42-55)61-43-56(74(4,5)6)44-62-60-45-64-70(46-69(60)78(65)72(61)62)77(58-40-53(49-26-15-9-16-27-49)37-54(41-58)50-28-17-10-18-29-50)68-33-21-32-67-71(68)75(64)63-30-19-20-31-66(63)76(67)57-38-51(47-22-11-7-12-23-47)36-52(39-57)48-24-13-8-14-25-48/h7-46H,1-6H3. The molecule has 13 aromatic rings. The Kier molecular flexibility index (Phi) is 10.2. The van der Waals surface area contributed by atoms with Crippen molar-refractivity contribution in [2.24, 2.45) is 0 Å². The predicted octanol–water partition coefficient (Wildman–Crippen LogP) is 18.2. The fourth-order valence-electron chi connectivity index (χ4n) is 13.0. The topological polar surface area (TPSA) is 10.9 Å². The molecule has 0 radical (unpaired) electrons. The average molecular weight is 1000 g/mol. The molecule has 0 aliphatic carbocycles. The molecule has 0 fully saturated rings. The molecule has 372 valence electrons. The fourth-order valence-corrected chi connectivity index (χ4v) is 13.0. The van der Waals surface area contributed by atoms with Crippen LogP contribution in [-0.4, -0.2) is 11.1 Å². The first-order valence-electron chi connectivity index (χ1n) is 27.6. The van der Waals surface area contributed by atoms with E-state index in [1.165, 1.54) is 133 Å². The number of rotatable bonds is 6. The molecule has 78 heavy (non-hydrogen) atoms. The summed E-state index contributed by atoms with van der Waals surface area (Å²) >= 11 is 0. The van der Waals surface area contributed by atoms with E-state index in [1.54, 1.807) is 0 Å². The minimum atomic E-state index is -0.0654. The van der Waals surface area contributed by atoms with E-state index in [0.29, 0.717) is 0 Å². The van der Waals surface area contributed by atoms with Crippen molar-refractivity contribution in [2.45, 2.75) is 52.4 Å². The van der Waals surface area contributed by atoms with Crippen LogP contribution < -0.4 is 26.2 Å². The van der Waals surface area contributed by atoms with Crippen molar-refractivity contribution in [1.29, 1.82) is 0 Å². The van der Waals surface area contributed by atoms with Crippen molar-refractivity contribution in [3.8, 4) is 44.5 Å². The largest absolute Gasteiger partial charge is 0.311 e. The zero-order chi connectivity index (χ0) is 52.6. The van der Waals surface area contributed by atoms with Gasteiger partial charge in [0.2, 0.25) is 0 Å². The highest BCUT2D eigenvalue weighted by Crippen LogP contribution is 2.50. The van der Waals surface area contributed by atoms with E-state index >= 15 is 0 Å². The van der Waals surface area contributed by atoms with Gasteiger partial charge in [-0.2, -0.15) is 0 Å². The molecule has 0 amide bonds. The van der Waals surface area contributed by atoms with Crippen LogP contribution in [0.1, 0.15) is 52.7 Å². The molecular weight excluding hydrogens is 942 g/mol. The summed E-state index contributed by atoms with van der Waals surface area (Å²) in [6.45, 7) is 14.0. The first kappa shape index (κ1) is 46.2. The van der Waals surface area contributed by atoms with Crippen molar-refractivity contribution in [3.63, 3.8) is 0 Å². The maximum Gasteiger partial charge on any atom is 0.252 e. The highest BCUT2D eigenvalue weighted by molar-refractivity contribution is 7.00. The van der Waals surface area contributed by atoms with Gasteiger partial charge in [-0.15, -0.1) is 0 Å². The normalized spacial score (nSPS) is 13.2. The molecule has 0 saturated carbocycles. The van der Waals surface area contributed by atoms with Crippen LogP contribution in [0.15, 0.2) is 243 Å². The molecule has 3 nitrogen and oxygen atoms in total. The molecule has 0 N–H and O–H groups in total. The van der Waals surface area contributed by atoms with E-state index in [4.69, 9.17) is 0 Å². The van der Waals surface area contributed by atoms with Crippen molar-refractivity contribution >= 4 is 95.3 Å². The summed E-state index contributed by atoms with van der Waals surface area (Å²) < 4.78 is 2.59. The Morgan fingerprint density at radius 2 is 0.718 bits per heavy atom. The Bertz CT molecular complexity index is 4390. The van der Waals surface area contributed by atoms with Crippen molar-refractivity contribution in [1.82, 2.24) is 4.40 Å². The van der Waals surface area contributed by atoms with Crippen molar-refractivity contribution in [2.75, 3.05) is 9.80 Å². The molecule has 4 heterocycles. The molecule has 2 aromatic heterocycles. The smallest absolute Gasteiger partial charge is 0.252 e. The fraction of sp³-hybridized carbons (Fsp3) is 0.108. The van der Waals surface area contributed by atoms with Crippen LogP contribution in [0.25, 0.3) is 82.6 Å². The van der Waals surface area contributed by atoms with Crippen LogP contribution in [0.3, 0.4) is 0 Å². The van der Waals surface area contributed by atoms with E-state index in [1.807, 2.05) is 0 Å². The summed E-state index contributed by atoms with van der Waals surface area (Å²) in [7, 11) is 0. The van der Waals surface area contributed by atoms with Gasteiger partial charge in [-0.3, -0.25) is 0 Å². The van der Waals surface area contributed by atoms with Gasteiger partial charge in [0, 0.05) is 55.7 Å². The maximum absolute atomic E-state index is 2.61. The summed E-state index contributed by atoms with van der Waals surface area (Å²) in [5.41, 5.74) is 26.8. The summed E-state index contributed by atoms with van der Waals surface area (Å²) in [6.07, 6.45) is 0. The Balaban J connectivity index is 1.06.